The lowest BCUT2D eigenvalue weighted by Gasteiger charge is -2.32. The van der Waals surface area contributed by atoms with Gasteiger partial charge in [0.25, 0.3) is 0 Å². The van der Waals surface area contributed by atoms with Crippen LogP contribution in [-0.2, 0) is 18.3 Å². The number of nitrogens with one attached hydrogen (secondary N) is 1. The molecule has 8 nitrogen and oxygen atoms in total. The number of fused-ring (bicyclic) bond motifs is 1. The molecule has 1 saturated heterocycles. The smallest absolute Gasteiger partial charge is 0.228 e. The Kier molecular flexibility index (Phi) is 4.96. The van der Waals surface area contributed by atoms with Gasteiger partial charge in [-0.3, -0.25) is 9.48 Å². The maximum Gasteiger partial charge on any atom is 0.228 e. The Morgan fingerprint density at radius 2 is 2.11 bits per heavy atom. The molecule has 1 aliphatic heterocycles. The largest absolute Gasteiger partial charge is 0.481 e. The number of ether oxygens (including phenoxy) is 1. The second-order valence-corrected chi connectivity index (χ2v) is 7.32. The summed E-state index contributed by atoms with van der Waals surface area (Å²) in [6.07, 6.45) is 8.41. The van der Waals surface area contributed by atoms with Crippen molar-refractivity contribution in [2.75, 3.05) is 25.1 Å². The van der Waals surface area contributed by atoms with E-state index >= 15 is 0 Å². The first kappa shape index (κ1) is 17.8. The van der Waals surface area contributed by atoms with Crippen LogP contribution in [0.2, 0.25) is 0 Å². The number of carbonyl (C=O) groups excluding carboxylic acids is 1. The second kappa shape index (κ2) is 7.54. The third-order valence-corrected chi connectivity index (χ3v) is 5.51. The molecule has 2 aromatic heterocycles. The topological polar surface area (TPSA) is 85.2 Å². The van der Waals surface area contributed by atoms with Crippen LogP contribution in [0.25, 0.3) is 0 Å². The van der Waals surface area contributed by atoms with E-state index in [4.69, 9.17) is 4.74 Å². The first-order chi connectivity index (χ1) is 13.1. The molecule has 1 fully saturated rings. The van der Waals surface area contributed by atoms with E-state index in [0.29, 0.717) is 11.8 Å². The highest BCUT2D eigenvalue weighted by molar-refractivity contribution is 5.79. The summed E-state index contributed by atoms with van der Waals surface area (Å²) in [6.45, 7) is 1.54. The summed E-state index contributed by atoms with van der Waals surface area (Å²) in [4.78, 5) is 23.7. The molecule has 144 valence electrons. The predicted octanol–water partition coefficient (Wildman–Crippen LogP) is 1.63. The fourth-order valence-corrected chi connectivity index (χ4v) is 4.05. The number of methoxy groups -OCH3 is 1. The Bertz CT molecular complexity index is 812. The van der Waals surface area contributed by atoms with Crippen molar-refractivity contribution in [2.45, 2.75) is 38.1 Å². The van der Waals surface area contributed by atoms with Gasteiger partial charge >= 0.3 is 0 Å². The number of nitrogens with zero attached hydrogens (tertiary/aromatic N) is 5. The summed E-state index contributed by atoms with van der Waals surface area (Å²) in [5, 5.41) is 7.78. The van der Waals surface area contributed by atoms with Crippen molar-refractivity contribution < 1.29 is 9.53 Å². The Labute approximate surface area is 158 Å². The Morgan fingerprint density at radius 1 is 1.30 bits per heavy atom. The minimum Gasteiger partial charge on any atom is -0.481 e. The summed E-state index contributed by atoms with van der Waals surface area (Å²) in [6, 6.07) is 1.83. The number of hydrogen-bond acceptors (Lipinski definition) is 6. The van der Waals surface area contributed by atoms with Crippen LogP contribution in [0.1, 0.15) is 43.0 Å². The van der Waals surface area contributed by atoms with Crippen molar-refractivity contribution in [1.29, 1.82) is 0 Å². The molecule has 8 heteroatoms. The molecule has 0 spiro atoms. The quantitative estimate of drug-likeness (QED) is 0.880. The summed E-state index contributed by atoms with van der Waals surface area (Å²) in [5.41, 5.74) is 2.30. The third kappa shape index (κ3) is 3.74. The molecule has 0 bridgehead atoms. The van der Waals surface area contributed by atoms with Crippen molar-refractivity contribution in [1.82, 2.24) is 25.1 Å². The fraction of sp³-hybridized carbons (Fsp3) is 0.579. The number of piperidine rings is 1. The van der Waals surface area contributed by atoms with Gasteiger partial charge in [0.05, 0.1) is 18.8 Å². The molecule has 2 aromatic rings. The van der Waals surface area contributed by atoms with Gasteiger partial charge in [-0.15, -0.1) is 0 Å². The molecule has 1 N–H and O–H groups in total. The van der Waals surface area contributed by atoms with Crippen LogP contribution >= 0.6 is 0 Å². The highest BCUT2D eigenvalue weighted by Crippen LogP contribution is 2.30. The van der Waals surface area contributed by atoms with Crippen molar-refractivity contribution in [3.05, 3.63) is 29.7 Å². The zero-order valence-corrected chi connectivity index (χ0v) is 15.9. The van der Waals surface area contributed by atoms with E-state index in [1.165, 1.54) is 5.56 Å². The number of aromatic nitrogens is 4. The SMILES string of the molecule is COc1ccnc(N2CCC(C(=O)NC3CCCc4nn(C)cc43)CC2)n1. The molecule has 27 heavy (non-hydrogen) atoms. The fourth-order valence-electron chi connectivity index (χ4n) is 4.05. The predicted molar refractivity (Wildman–Crippen MR) is 101 cm³/mol. The van der Waals surface area contributed by atoms with Crippen LogP contribution in [0.15, 0.2) is 18.5 Å². The lowest BCUT2D eigenvalue weighted by molar-refractivity contribution is -0.126. The van der Waals surface area contributed by atoms with E-state index in [1.807, 2.05) is 17.9 Å². The number of anilines is 1. The minimum absolute atomic E-state index is 0.0360. The summed E-state index contributed by atoms with van der Waals surface area (Å²) in [5.74, 6) is 1.42. The number of amides is 1. The van der Waals surface area contributed by atoms with Crippen LogP contribution in [0, 0.1) is 5.92 Å². The zero-order valence-electron chi connectivity index (χ0n) is 15.9. The van der Waals surface area contributed by atoms with Crippen LogP contribution in [0.3, 0.4) is 0 Å². The van der Waals surface area contributed by atoms with Gasteiger partial charge in [0, 0.05) is 50.1 Å². The van der Waals surface area contributed by atoms with Crippen molar-refractivity contribution in [3.63, 3.8) is 0 Å². The van der Waals surface area contributed by atoms with Gasteiger partial charge in [0.15, 0.2) is 0 Å². The zero-order chi connectivity index (χ0) is 18.8. The third-order valence-electron chi connectivity index (χ3n) is 5.51. The highest BCUT2D eigenvalue weighted by Gasteiger charge is 2.30. The number of rotatable bonds is 4. The van der Waals surface area contributed by atoms with Gasteiger partial charge in [-0.25, -0.2) is 4.98 Å². The second-order valence-electron chi connectivity index (χ2n) is 7.32. The van der Waals surface area contributed by atoms with Crippen LogP contribution in [-0.4, -0.2) is 45.9 Å². The van der Waals surface area contributed by atoms with Crippen LogP contribution in [0.5, 0.6) is 5.88 Å². The number of aryl methyl sites for hydroxylation is 2. The maximum absolute atomic E-state index is 12.8. The average molecular weight is 370 g/mol. The van der Waals surface area contributed by atoms with Gasteiger partial charge in [0.2, 0.25) is 17.7 Å². The van der Waals surface area contributed by atoms with E-state index in [9.17, 15) is 4.79 Å². The molecule has 0 saturated carbocycles. The number of hydrogen-bond donors (Lipinski definition) is 1. The molecule has 4 rings (SSSR count). The molecule has 1 amide bonds. The van der Waals surface area contributed by atoms with E-state index < -0.39 is 0 Å². The first-order valence-electron chi connectivity index (χ1n) is 9.59. The Morgan fingerprint density at radius 3 is 2.89 bits per heavy atom. The first-order valence-corrected chi connectivity index (χ1v) is 9.59. The van der Waals surface area contributed by atoms with Crippen molar-refractivity contribution in [2.24, 2.45) is 13.0 Å². The number of carbonyl (C=O) groups is 1. The van der Waals surface area contributed by atoms with Crippen LogP contribution < -0.4 is 15.0 Å². The van der Waals surface area contributed by atoms with Gasteiger partial charge in [-0.2, -0.15) is 10.1 Å². The van der Waals surface area contributed by atoms with Gasteiger partial charge in [-0.05, 0) is 32.1 Å². The van der Waals surface area contributed by atoms with E-state index in [1.54, 1.807) is 19.4 Å². The minimum atomic E-state index is 0.0360. The lowest BCUT2D eigenvalue weighted by Crippen LogP contribution is -2.42. The van der Waals surface area contributed by atoms with Crippen molar-refractivity contribution in [3.8, 4) is 5.88 Å². The molecule has 2 aliphatic rings. The molecule has 1 atom stereocenters. The van der Waals surface area contributed by atoms with E-state index in [2.05, 4.69) is 25.3 Å². The van der Waals surface area contributed by atoms with Crippen LogP contribution in [0.4, 0.5) is 5.95 Å². The van der Waals surface area contributed by atoms with Gasteiger partial charge < -0.3 is 15.0 Å². The van der Waals surface area contributed by atoms with Crippen molar-refractivity contribution >= 4 is 11.9 Å². The Hall–Kier alpha value is -2.64. The summed E-state index contributed by atoms with van der Waals surface area (Å²) >= 11 is 0. The maximum atomic E-state index is 12.8. The molecular weight excluding hydrogens is 344 g/mol. The van der Waals surface area contributed by atoms with Gasteiger partial charge in [0.1, 0.15) is 0 Å². The molecule has 1 aliphatic carbocycles. The summed E-state index contributed by atoms with van der Waals surface area (Å²) < 4.78 is 7.02. The average Bonchev–Trinajstić information content (AvgIpc) is 3.09. The molecule has 3 heterocycles. The normalized spacial score (nSPS) is 20.2. The molecule has 0 aromatic carbocycles. The summed E-state index contributed by atoms with van der Waals surface area (Å²) in [7, 11) is 3.54. The monoisotopic (exact) mass is 370 g/mol. The Balaban J connectivity index is 1.35. The standard InChI is InChI=1S/C19H26N6O2/c1-24-12-14-15(4-3-5-16(14)23-24)21-18(26)13-7-10-25(11-8-13)19-20-9-6-17(22-19)27-2/h6,9,12-13,15H,3-5,7-8,10-11H2,1-2H3,(H,21,26). The van der Waals surface area contributed by atoms with Gasteiger partial charge in [-0.1, -0.05) is 0 Å². The molecule has 0 radical (unpaired) electrons. The lowest BCUT2D eigenvalue weighted by atomic mass is 9.91. The molecule has 1 unspecified atom stereocenters. The van der Waals surface area contributed by atoms with E-state index in [-0.39, 0.29) is 17.9 Å². The highest BCUT2D eigenvalue weighted by atomic mass is 16.5. The molecular formula is C19H26N6O2. The van der Waals surface area contributed by atoms with E-state index in [0.717, 1.165) is 50.9 Å².